The van der Waals surface area contributed by atoms with Crippen molar-refractivity contribution in [3.63, 3.8) is 0 Å². The van der Waals surface area contributed by atoms with E-state index in [1.165, 1.54) is 0 Å². The van der Waals surface area contributed by atoms with Crippen LogP contribution < -0.4 is 4.90 Å². The summed E-state index contributed by atoms with van der Waals surface area (Å²) in [5.74, 6) is 0.750. The van der Waals surface area contributed by atoms with Gasteiger partial charge in [0.25, 0.3) is 0 Å². The number of anilines is 1. The third-order valence-corrected chi connectivity index (χ3v) is 3.46. The maximum Gasteiger partial charge on any atom is 0.225 e. The van der Waals surface area contributed by atoms with Gasteiger partial charge in [-0.05, 0) is 26.2 Å². The molecular formula is C14H23N3O2. The summed E-state index contributed by atoms with van der Waals surface area (Å²) in [6, 6.07) is 0. The summed E-state index contributed by atoms with van der Waals surface area (Å²) in [7, 11) is 0. The number of piperidine rings is 1. The highest BCUT2D eigenvalue weighted by Gasteiger charge is 2.22. The zero-order chi connectivity index (χ0) is 13.7. The summed E-state index contributed by atoms with van der Waals surface area (Å²) < 4.78 is 5.82. The van der Waals surface area contributed by atoms with Gasteiger partial charge in [-0.3, -0.25) is 0 Å². The van der Waals surface area contributed by atoms with Crippen molar-refractivity contribution in [2.24, 2.45) is 0 Å². The van der Waals surface area contributed by atoms with Gasteiger partial charge in [-0.15, -0.1) is 0 Å². The number of hydrogen-bond donors (Lipinski definition) is 1. The Hall–Kier alpha value is -1.20. The molecule has 0 saturated carbocycles. The minimum Gasteiger partial charge on any atom is -0.392 e. The van der Waals surface area contributed by atoms with Crippen molar-refractivity contribution in [2.75, 3.05) is 24.6 Å². The SMILES string of the molecule is CCCOC1CCCN(c2ncc(CO)c(C)n2)C1. The third kappa shape index (κ3) is 3.64. The van der Waals surface area contributed by atoms with Crippen LogP contribution in [0.4, 0.5) is 5.95 Å². The third-order valence-electron chi connectivity index (χ3n) is 3.46. The smallest absolute Gasteiger partial charge is 0.225 e. The van der Waals surface area contributed by atoms with E-state index in [-0.39, 0.29) is 12.7 Å². The van der Waals surface area contributed by atoms with E-state index in [9.17, 15) is 0 Å². The fourth-order valence-electron chi connectivity index (χ4n) is 2.33. The van der Waals surface area contributed by atoms with Crippen LogP contribution in [0.3, 0.4) is 0 Å². The lowest BCUT2D eigenvalue weighted by Gasteiger charge is -2.32. The number of nitrogens with zero attached hydrogens (tertiary/aromatic N) is 3. The second-order valence-electron chi connectivity index (χ2n) is 5.02. The Morgan fingerprint density at radius 2 is 2.37 bits per heavy atom. The number of aliphatic hydroxyl groups excluding tert-OH is 1. The van der Waals surface area contributed by atoms with Gasteiger partial charge in [-0.1, -0.05) is 6.92 Å². The standard InChI is InChI=1S/C14H23N3O2/c1-3-7-19-13-5-4-6-17(9-13)14-15-8-12(10-18)11(2)16-14/h8,13,18H,3-7,9-10H2,1-2H3. The molecular weight excluding hydrogens is 242 g/mol. The Balaban J connectivity index is 2.02. The normalized spacial score (nSPS) is 19.7. The van der Waals surface area contributed by atoms with E-state index in [1.807, 2.05) is 6.92 Å². The Labute approximate surface area is 114 Å². The minimum absolute atomic E-state index is 0.00561. The minimum atomic E-state index is -0.00561. The van der Waals surface area contributed by atoms with Crippen LogP contribution >= 0.6 is 0 Å². The fraction of sp³-hybridized carbons (Fsp3) is 0.714. The first-order valence-electron chi connectivity index (χ1n) is 7.04. The zero-order valence-electron chi connectivity index (χ0n) is 11.8. The molecule has 0 amide bonds. The van der Waals surface area contributed by atoms with Crippen molar-refractivity contribution >= 4 is 5.95 Å². The molecule has 1 fully saturated rings. The summed E-state index contributed by atoms with van der Waals surface area (Å²) >= 11 is 0. The number of rotatable bonds is 5. The highest BCUT2D eigenvalue weighted by atomic mass is 16.5. The molecule has 0 spiro atoms. The summed E-state index contributed by atoms with van der Waals surface area (Å²) in [6.45, 7) is 6.68. The lowest BCUT2D eigenvalue weighted by Crippen LogP contribution is -2.40. The van der Waals surface area contributed by atoms with Crippen molar-refractivity contribution in [1.82, 2.24) is 9.97 Å². The van der Waals surface area contributed by atoms with Crippen LogP contribution in [-0.2, 0) is 11.3 Å². The van der Waals surface area contributed by atoms with Gasteiger partial charge in [-0.25, -0.2) is 9.97 Å². The van der Waals surface area contributed by atoms with Crippen molar-refractivity contribution in [2.45, 2.75) is 45.8 Å². The van der Waals surface area contributed by atoms with Crippen LogP contribution in [0.5, 0.6) is 0 Å². The van der Waals surface area contributed by atoms with Crippen molar-refractivity contribution in [3.05, 3.63) is 17.5 Å². The zero-order valence-corrected chi connectivity index (χ0v) is 11.8. The molecule has 0 aromatic carbocycles. The quantitative estimate of drug-likeness (QED) is 0.877. The highest BCUT2D eigenvalue weighted by Crippen LogP contribution is 2.19. The molecule has 1 atom stereocenters. The molecule has 2 heterocycles. The van der Waals surface area contributed by atoms with Crippen LogP contribution in [0.1, 0.15) is 37.4 Å². The number of aryl methyl sites for hydroxylation is 1. The Bertz CT molecular complexity index is 412. The van der Waals surface area contributed by atoms with E-state index < -0.39 is 0 Å². The molecule has 1 aromatic heterocycles. The van der Waals surface area contributed by atoms with E-state index >= 15 is 0 Å². The molecule has 0 aliphatic carbocycles. The molecule has 5 heteroatoms. The molecule has 1 aliphatic heterocycles. The Morgan fingerprint density at radius 3 is 3.05 bits per heavy atom. The maximum absolute atomic E-state index is 9.15. The maximum atomic E-state index is 9.15. The second-order valence-corrected chi connectivity index (χ2v) is 5.02. The van der Waals surface area contributed by atoms with E-state index in [0.29, 0.717) is 0 Å². The number of aromatic nitrogens is 2. The highest BCUT2D eigenvalue weighted by molar-refractivity contribution is 5.33. The molecule has 1 aromatic rings. The van der Waals surface area contributed by atoms with E-state index in [2.05, 4.69) is 21.8 Å². The van der Waals surface area contributed by atoms with E-state index in [1.54, 1.807) is 6.20 Å². The number of aliphatic hydroxyl groups is 1. The average molecular weight is 265 g/mol. The van der Waals surface area contributed by atoms with Gasteiger partial charge in [0.1, 0.15) is 0 Å². The van der Waals surface area contributed by atoms with Crippen molar-refractivity contribution in [3.8, 4) is 0 Å². The van der Waals surface area contributed by atoms with Gasteiger partial charge in [-0.2, -0.15) is 0 Å². The molecule has 1 aliphatic rings. The molecule has 0 bridgehead atoms. The molecule has 1 N–H and O–H groups in total. The lowest BCUT2D eigenvalue weighted by molar-refractivity contribution is 0.0437. The number of ether oxygens (including phenoxy) is 1. The van der Waals surface area contributed by atoms with Crippen LogP contribution in [0.2, 0.25) is 0 Å². The molecule has 19 heavy (non-hydrogen) atoms. The molecule has 0 radical (unpaired) electrons. The van der Waals surface area contributed by atoms with Crippen LogP contribution in [0.25, 0.3) is 0 Å². The first-order valence-corrected chi connectivity index (χ1v) is 7.04. The Kier molecular flexibility index (Phi) is 5.10. The van der Waals surface area contributed by atoms with Gasteiger partial charge in [0, 0.05) is 37.2 Å². The summed E-state index contributed by atoms with van der Waals surface area (Å²) in [6.07, 6.45) is 5.28. The van der Waals surface area contributed by atoms with Crippen molar-refractivity contribution < 1.29 is 9.84 Å². The lowest BCUT2D eigenvalue weighted by atomic mass is 10.1. The summed E-state index contributed by atoms with van der Waals surface area (Å²) in [5, 5.41) is 9.15. The Morgan fingerprint density at radius 1 is 1.53 bits per heavy atom. The first kappa shape index (κ1) is 14.2. The van der Waals surface area contributed by atoms with E-state index in [0.717, 1.165) is 56.2 Å². The molecule has 1 unspecified atom stereocenters. The van der Waals surface area contributed by atoms with Crippen LogP contribution in [-0.4, -0.2) is 40.9 Å². The molecule has 1 saturated heterocycles. The average Bonchev–Trinajstić information content (AvgIpc) is 2.45. The first-order chi connectivity index (χ1) is 9.24. The molecule has 5 nitrogen and oxygen atoms in total. The van der Waals surface area contributed by atoms with Gasteiger partial charge in [0.15, 0.2) is 0 Å². The van der Waals surface area contributed by atoms with Crippen LogP contribution in [0, 0.1) is 6.92 Å². The largest absolute Gasteiger partial charge is 0.392 e. The second kappa shape index (κ2) is 6.82. The van der Waals surface area contributed by atoms with E-state index in [4.69, 9.17) is 9.84 Å². The predicted molar refractivity (Wildman–Crippen MR) is 74.2 cm³/mol. The topological polar surface area (TPSA) is 58.5 Å². The van der Waals surface area contributed by atoms with Gasteiger partial charge < -0.3 is 14.7 Å². The van der Waals surface area contributed by atoms with Gasteiger partial charge >= 0.3 is 0 Å². The summed E-state index contributed by atoms with van der Waals surface area (Å²) in [4.78, 5) is 11.0. The molecule has 2 rings (SSSR count). The van der Waals surface area contributed by atoms with Gasteiger partial charge in [0.2, 0.25) is 5.95 Å². The molecule has 106 valence electrons. The van der Waals surface area contributed by atoms with Crippen molar-refractivity contribution in [1.29, 1.82) is 0 Å². The number of hydrogen-bond acceptors (Lipinski definition) is 5. The monoisotopic (exact) mass is 265 g/mol. The summed E-state index contributed by atoms with van der Waals surface area (Å²) in [5.41, 5.74) is 1.64. The predicted octanol–water partition coefficient (Wildman–Crippen LogP) is 1.67. The fourth-order valence-corrected chi connectivity index (χ4v) is 2.33. The van der Waals surface area contributed by atoms with Gasteiger partial charge in [0.05, 0.1) is 12.7 Å². The van der Waals surface area contributed by atoms with Crippen LogP contribution in [0.15, 0.2) is 6.20 Å².